The molecule has 1 rings (SSSR count). The van der Waals surface area contributed by atoms with Gasteiger partial charge in [0.1, 0.15) is 5.82 Å². The summed E-state index contributed by atoms with van der Waals surface area (Å²) in [6.45, 7) is 0.785. The predicted molar refractivity (Wildman–Crippen MR) is 57.2 cm³/mol. The van der Waals surface area contributed by atoms with Crippen molar-refractivity contribution in [2.45, 2.75) is 12.8 Å². The van der Waals surface area contributed by atoms with Crippen LogP contribution in [0.3, 0.4) is 0 Å². The number of aliphatic hydroxyl groups excluding tert-OH is 1. The summed E-state index contributed by atoms with van der Waals surface area (Å²) in [7, 11) is 1.65. The van der Waals surface area contributed by atoms with Gasteiger partial charge in [0.25, 0.3) is 0 Å². The molecule has 1 aromatic rings. The van der Waals surface area contributed by atoms with E-state index in [2.05, 4.69) is 0 Å². The lowest BCUT2D eigenvalue weighted by Gasteiger charge is -2.13. The van der Waals surface area contributed by atoms with Gasteiger partial charge in [-0.3, -0.25) is 0 Å². The van der Waals surface area contributed by atoms with Crippen molar-refractivity contribution in [3.63, 3.8) is 0 Å². The molecule has 0 aromatic heterocycles. The molecule has 1 unspecified atom stereocenters. The Kier molecular flexibility index (Phi) is 5.29. The van der Waals surface area contributed by atoms with Crippen LogP contribution in [0.25, 0.3) is 0 Å². The first kappa shape index (κ1) is 12.1. The molecule has 0 heterocycles. The molecule has 1 N–H and O–H groups in total. The van der Waals surface area contributed by atoms with Crippen molar-refractivity contribution in [2.75, 3.05) is 20.3 Å². The van der Waals surface area contributed by atoms with E-state index in [0.29, 0.717) is 6.61 Å². The first-order valence-corrected chi connectivity index (χ1v) is 5.10. The van der Waals surface area contributed by atoms with E-state index in [0.717, 1.165) is 18.4 Å². The summed E-state index contributed by atoms with van der Waals surface area (Å²) in [6, 6.07) is 6.40. The summed E-state index contributed by atoms with van der Waals surface area (Å²) in [4.78, 5) is 0. The molecule has 0 spiro atoms. The highest BCUT2D eigenvalue weighted by atomic mass is 19.1. The summed E-state index contributed by atoms with van der Waals surface area (Å²) in [6.07, 6.45) is 1.59. The molecule has 3 heteroatoms. The zero-order chi connectivity index (χ0) is 11.1. The molecule has 84 valence electrons. The van der Waals surface area contributed by atoms with E-state index < -0.39 is 0 Å². The van der Waals surface area contributed by atoms with Crippen molar-refractivity contribution in [2.24, 2.45) is 5.92 Å². The molecule has 15 heavy (non-hydrogen) atoms. The van der Waals surface area contributed by atoms with E-state index in [-0.39, 0.29) is 18.3 Å². The third-order valence-corrected chi connectivity index (χ3v) is 2.43. The fourth-order valence-corrected chi connectivity index (χ4v) is 1.50. The Morgan fingerprint density at radius 3 is 2.53 bits per heavy atom. The summed E-state index contributed by atoms with van der Waals surface area (Å²) in [5, 5.41) is 9.14. The van der Waals surface area contributed by atoms with E-state index in [1.165, 1.54) is 12.1 Å². The second-order valence-electron chi connectivity index (χ2n) is 3.66. The van der Waals surface area contributed by atoms with Crippen LogP contribution in [-0.2, 0) is 11.2 Å². The van der Waals surface area contributed by atoms with Gasteiger partial charge in [-0.05, 0) is 36.5 Å². The maximum absolute atomic E-state index is 12.6. The summed E-state index contributed by atoms with van der Waals surface area (Å²) < 4.78 is 17.6. The molecular formula is C12H17FO2. The number of aliphatic hydroxyl groups is 1. The minimum absolute atomic E-state index is 0.140. The lowest BCUT2D eigenvalue weighted by atomic mass is 9.97. The number of benzene rings is 1. The van der Waals surface area contributed by atoms with Crippen molar-refractivity contribution >= 4 is 0 Å². The Morgan fingerprint density at radius 2 is 2.00 bits per heavy atom. The lowest BCUT2D eigenvalue weighted by molar-refractivity contribution is 0.147. The van der Waals surface area contributed by atoms with Crippen molar-refractivity contribution < 1.29 is 14.2 Å². The highest BCUT2D eigenvalue weighted by Gasteiger charge is 2.08. The number of ether oxygens (including phenoxy) is 1. The van der Waals surface area contributed by atoms with Gasteiger partial charge in [0.15, 0.2) is 0 Å². The van der Waals surface area contributed by atoms with Crippen LogP contribution in [-0.4, -0.2) is 25.4 Å². The van der Waals surface area contributed by atoms with Gasteiger partial charge in [-0.2, -0.15) is 0 Å². The highest BCUT2D eigenvalue weighted by molar-refractivity contribution is 5.16. The monoisotopic (exact) mass is 212 g/mol. The van der Waals surface area contributed by atoms with Gasteiger partial charge < -0.3 is 9.84 Å². The zero-order valence-electron chi connectivity index (χ0n) is 8.95. The summed E-state index contributed by atoms with van der Waals surface area (Å²) >= 11 is 0. The van der Waals surface area contributed by atoms with Crippen LogP contribution in [0.1, 0.15) is 12.0 Å². The van der Waals surface area contributed by atoms with E-state index >= 15 is 0 Å². The van der Waals surface area contributed by atoms with E-state index in [1.54, 1.807) is 19.2 Å². The molecular weight excluding hydrogens is 195 g/mol. The van der Waals surface area contributed by atoms with Crippen molar-refractivity contribution in [3.8, 4) is 0 Å². The van der Waals surface area contributed by atoms with E-state index in [4.69, 9.17) is 9.84 Å². The fourth-order valence-electron chi connectivity index (χ4n) is 1.50. The molecule has 0 amide bonds. The van der Waals surface area contributed by atoms with Crippen molar-refractivity contribution in [1.82, 2.24) is 0 Å². The summed E-state index contributed by atoms with van der Waals surface area (Å²) in [5.74, 6) is -0.0356. The Balaban J connectivity index is 2.47. The standard InChI is InChI=1S/C12H17FO2/c1-15-7-6-11(9-14)8-10-2-4-12(13)5-3-10/h2-5,11,14H,6-9H2,1H3. The molecule has 0 fully saturated rings. The first-order valence-electron chi connectivity index (χ1n) is 5.10. The quantitative estimate of drug-likeness (QED) is 0.781. The van der Waals surface area contributed by atoms with Gasteiger partial charge >= 0.3 is 0 Å². The third-order valence-electron chi connectivity index (χ3n) is 2.43. The van der Waals surface area contributed by atoms with Gasteiger partial charge in [0.2, 0.25) is 0 Å². The molecule has 0 radical (unpaired) electrons. The summed E-state index contributed by atoms with van der Waals surface area (Å²) in [5.41, 5.74) is 1.05. The lowest BCUT2D eigenvalue weighted by Crippen LogP contribution is -2.12. The Hall–Kier alpha value is -0.930. The van der Waals surface area contributed by atoms with Crippen LogP contribution in [0.4, 0.5) is 4.39 Å². The van der Waals surface area contributed by atoms with Crippen LogP contribution >= 0.6 is 0 Å². The van der Waals surface area contributed by atoms with Crippen LogP contribution < -0.4 is 0 Å². The molecule has 0 aliphatic rings. The van der Waals surface area contributed by atoms with E-state index in [9.17, 15) is 4.39 Å². The number of methoxy groups -OCH3 is 1. The molecule has 0 aliphatic carbocycles. The molecule has 1 atom stereocenters. The average Bonchev–Trinajstić information content (AvgIpc) is 2.27. The van der Waals surface area contributed by atoms with Crippen molar-refractivity contribution in [3.05, 3.63) is 35.6 Å². The highest BCUT2D eigenvalue weighted by Crippen LogP contribution is 2.12. The van der Waals surface area contributed by atoms with E-state index in [1.807, 2.05) is 0 Å². The third kappa shape index (κ3) is 4.40. The average molecular weight is 212 g/mol. The van der Waals surface area contributed by atoms with Crippen molar-refractivity contribution in [1.29, 1.82) is 0 Å². The van der Waals surface area contributed by atoms with Gasteiger partial charge in [-0.15, -0.1) is 0 Å². The second kappa shape index (κ2) is 6.53. The van der Waals surface area contributed by atoms with Gasteiger partial charge in [-0.25, -0.2) is 4.39 Å². The van der Waals surface area contributed by atoms with Crippen LogP contribution in [0.15, 0.2) is 24.3 Å². The normalized spacial score (nSPS) is 12.7. The second-order valence-corrected chi connectivity index (χ2v) is 3.66. The zero-order valence-corrected chi connectivity index (χ0v) is 8.95. The number of hydrogen-bond donors (Lipinski definition) is 1. The van der Waals surface area contributed by atoms with Gasteiger partial charge in [0, 0.05) is 20.3 Å². The molecule has 0 bridgehead atoms. The topological polar surface area (TPSA) is 29.5 Å². The fraction of sp³-hybridized carbons (Fsp3) is 0.500. The predicted octanol–water partition coefficient (Wildman–Crippen LogP) is 2.01. The first-order chi connectivity index (χ1) is 7.26. The van der Waals surface area contributed by atoms with Crippen LogP contribution in [0, 0.1) is 11.7 Å². The van der Waals surface area contributed by atoms with Crippen LogP contribution in [0.2, 0.25) is 0 Å². The number of hydrogen-bond acceptors (Lipinski definition) is 2. The van der Waals surface area contributed by atoms with Crippen LogP contribution in [0.5, 0.6) is 0 Å². The minimum atomic E-state index is -0.226. The number of halogens is 1. The largest absolute Gasteiger partial charge is 0.396 e. The van der Waals surface area contributed by atoms with Gasteiger partial charge in [-0.1, -0.05) is 12.1 Å². The molecule has 0 saturated carbocycles. The maximum Gasteiger partial charge on any atom is 0.123 e. The SMILES string of the molecule is COCCC(CO)Cc1ccc(F)cc1. The molecule has 0 saturated heterocycles. The Labute approximate surface area is 89.7 Å². The Bertz CT molecular complexity index is 271. The minimum Gasteiger partial charge on any atom is -0.396 e. The Morgan fingerprint density at radius 1 is 1.33 bits per heavy atom. The molecule has 1 aromatic carbocycles. The molecule has 0 aliphatic heterocycles. The maximum atomic E-state index is 12.6. The smallest absolute Gasteiger partial charge is 0.123 e. The number of rotatable bonds is 6. The van der Waals surface area contributed by atoms with Gasteiger partial charge in [0.05, 0.1) is 0 Å². The molecule has 2 nitrogen and oxygen atoms in total.